The third-order valence-corrected chi connectivity index (χ3v) is 6.36. The second kappa shape index (κ2) is 10.0. The first-order valence-electron chi connectivity index (χ1n) is 11.4. The summed E-state index contributed by atoms with van der Waals surface area (Å²) < 4.78 is 5.88. The van der Waals surface area contributed by atoms with E-state index in [0.29, 0.717) is 37.0 Å². The van der Waals surface area contributed by atoms with E-state index in [1.54, 1.807) is 34.1 Å². The molecule has 1 unspecified atom stereocenters. The van der Waals surface area contributed by atoms with Gasteiger partial charge < -0.3 is 25.2 Å². The Labute approximate surface area is 189 Å². The number of likely N-dealkylation sites (tertiary alicyclic amines) is 1. The minimum absolute atomic E-state index is 0.0659. The van der Waals surface area contributed by atoms with Crippen molar-refractivity contribution >= 4 is 23.2 Å². The number of hydrogen-bond acceptors (Lipinski definition) is 5. The minimum atomic E-state index is -0.148. The molecule has 0 saturated carbocycles. The van der Waals surface area contributed by atoms with E-state index in [4.69, 9.17) is 10.5 Å². The number of ether oxygens (including phenoxy) is 1. The Hall–Kier alpha value is -3.06. The highest BCUT2D eigenvalue weighted by molar-refractivity contribution is 6.01. The fourth-order valence-electron chi connectivity index (χ4n) is 4.43. The maximum atomic E-state index is 12.7. The monoisotopic (exact) mass is 436 g/mol. The van der Waals surface area contributed by atoms with Crippen molar-refractivity contribution in [3.63, 3.8) is 0 Å². The maximum Gasteiger partial charge on any atom is 0.254 e. The van der Waals surface area contributed by atoms with Gasteiger partial charge in [0.05, 0.1) is 6.61 Å². The molecule has 2 aliphatic rings. The van der Waals surface area contributed by atoms with Crippen molar-refractivity contribution in [2.24, 2.45) is 0 Å². The molecule has 2 aliphatic heterocycles. The Morgan fingerprint density at radius 2 is 1.81 bits per heavy atom. The fourth-order valence-corrected chi connectivity index (χ4v) is 4.43. The maximum absolute atomic E-state index is 12.7. The number of piperazine rings is 1. The molecule has 0 bridgehead atoms. The molecule has 2 aromatic carbocycles. The van der Waals surface area contributed by atoms with Crippen molar-refractivity contribution in [3.8, 4) is 5.75 Å². The molecular formula is C25H32N4O3. The summed E-state index contributed by atoms with van der Waals surface area (Å²) in [6.07, 6.45) is 3.60. The molecule has 2 N–H and O–H groups in total. The minimum Gasteiger partial charge on any atom is -0.494 e. The number of rotatable bonds is 7. The van der Waals surface area contributed by atoms with Crippen LogP contribution in [0.2, 0.25) is 0 Å². The van der Waals surface area contributed by atoms with Gasteiger partial charge in [0, 0.05) is 42.6 Å². The number of nitrogens with zero attached hydrogens (tertiary/aromatic N) is 3. The van der Waals surface area contributed by atoms with Crippen molar-refractivity contribution < 1.29 is 14.3 Å². The van der Waals surface area contributed by atoms with Crippen LogP contribution in [0.4, 0.5) is 11.4 Å². The summed E-state index contributed by atoms with van der Waals surface area (Å²) in [5, 5.41) is 0. The zero-order valence-electron chi connectivity index (χ0n) is 18.7. The number of nitrogen functional groups attached to an aromatic ring is 1. The molecule has 2 heterocycles. The lowest BCUT2D eigenvalue weighted by Crippen LogP contribution is -2.52. The molecular weight excluding hydrogens is 404 g/mol. The summed E-state index contributed by atoms with van der Waals surface area (Å²) in [6, 6.07) is 15.1. The normalized spacial score (nSPS) is 19.4. The Bertz CT molecular complexity index is 929. The molecule has 2 saturated heterocycles. The lowest BCUT2D eigenvalue weighted by Gasteiger charge is -2.34. The highest BCUT2D eigenvalue weighted by Crippen LogP contribution is 2.23. The van der Waals surface area contributed by atoms with E-state index < -0.39 is 0 Å². The molecule has 2 aromatic rings. The average molecular weight is 437 g/mol. The number of hydrogen-bond donors (Lipinski definition) is 1. The Balaban J connectivity index is 1.25. The third-order valence-electron chi connectivity index (χ3n) is 6.36. The van der Waals surface area contributed by atoms with Crippen molar-refractivity contribution in [2.45, 2.75) is 32.2 Å². The summed E-state index contributed by atoms with van der Waals surface area (Å²) in [5.41, 5.74) is 7.67. The van der Waals surface area contributed by atoms with Crippen molar-refractivity contribution in [2.75, 3.05) is 50.0 Å². The van der Waals surface area contributed by atoms with E-state index in [1.807, 2.05) is 24.3 Å². The first kappa shape index (κ1) is 22.1. The highest BCUT2D eigenvalue weighted by atomic mass is 16.5. The Morgan fingerprint density at radius 3 is 2.47 bits per heavy atom. The quantitative estimate of drug-likeness (QED) is 0.533. The van der Waals surface area contributed by atoms with Gasteiger partial charge in [-0.25, -0.2) is 0 Å². The number of amides is 2. The highest BCUT2D eigenvalue weighted by Gasteiger charge is 2.28. The molecule has 32 heavy (non-hydrogen) atoms. The zero-order chi connectivity index (χ0) is 22.5. The van der Waals surface area contributed by atoms with E-state index in [-0.39, 0.29) is 18.4 Å². The van der Waals surface area contributed by atoms with Gasteiger partial charge in [-0.3, -0.25) is 9.59 Å². The standard InChI is InChI=1S/C25H32N4O3/c1-19-4-2-13-27(19)14-3-17-32-23-11-9-22(10-12-23)29-16-15-28(18-24(29)30)25(31)20-5-7-21(26)8-6-20/h5-12,19H,2-4,13-18,26H2,1H3. The molecule has 170 valence electrons. The molecule has 4 rings (SSSR count). The predicted octanol–water partition coefficient (Wildman–Crippen LogP) is 3.01. The SMILES string of the molecule is CC1CCCN1CCCOc1ccc(N2CCN(C(=O)c3ccc(N)cc3)CC2=O)cc1. The van der Waals surface area contributed by atoms with Crippen LogP contribution >= 0.6 is 0 Å². The number of carbonyl (C=O) groups is 2. The number of benzene rings is 2. The van der Waals surface area contributed by atoms with E-state index in [2.05, 4.69) is 11.8 Å². The van der Waals surface area contributed by atoms with Gasteiger partial charge in [0.1, 0.15) is 12.3 Å². The second-order valence-corrected chi connectivity index (χ2v) is 8.62. The van der Waals surface area contributed by atoms with Crippen molar-refractivity contribution in [1.29, 1.82) is 0 Å². The van der Waals surface area contributed by atoms with Crippen LogP contribution in [0.1, 0.15) is 36.5 Å². The summed E-state index contributed by atoms with van der Waals surface area (Å²) in [7, 11) is 0. The lowest BCUT2D eigenvalue weighted by molar-refractivity contribution is -0.120. The van der Waals surface area contributed by atoms with Crippen molar-refractivity contribution in [1.82, 2.24) is 9.80 Å². The van der Waals surface area contributed by atoms with Gasteiger partial charge in [0.15, 0.2) is 0 Å². The van der Waals surface area contributed by atoms with E-state index in [9.17, 15) is 9.59 Å². The van der Waals surface area contributed by atoms with Crippen LogP contribution in [0.25, 0.3) is 0 Å². The first-order valence-corrected chi connectivity index (χ1v) is 11.4. The van der Waals surface area contributed by atoms with Gasteiger partial charge in [-0.15, -0.1) is 0 Å². The van der Waals surface area contributed by atoms with Gasteiger partial charge in [-0.2, -0.15) is 0 Å². The average Bonchev–Trinajstić information content (AvgIpc) is 3.22. The summed E-state index contributed by atoms with van der Waals surface area (Å²) in [6.45, 7) is 6.27. The lowest BCUT2D eigenvalue weighted by atomic mass is 10.1. The molecule has 2 amide bonds. The molecule has 0 aliphatic carbocycles. The van der Waals surface area contributed by atoms with Crippen LogP contribution < -0.4 is 15.4 Å². The molecule has 0 spiro atoms. The van der Waals surface area contributed by atoms with Gasteiger partial charge >= 0.3 is 0 Å². The summed E-state index contributed by atoms with van der Waals surface area (Å²) in [5.74, 6) is 0.575. The molecule has 2 fully saturated rings. The van der Waals surface area contributed by atoms with E-state index in [1.165, 1.54) is 19.4 Å². The van der Waals surface area contributed by atoms with Crippen LogP contribution in [0.3, 0.4) is 0 Å². The van der Waals surface area contributed by atoms with Crippen LogP contribution in [-0.4, -0.2) is 67.0 Å². The van der Waals surface area contributed by atoms with E-state index in [0.717, 1.165) is 24.4 Å². The molecule has 1 atom stereocenters. The van der Waals surface area contributed by atoms with Gasteiger partial charge in [-0.05, 0) is 81.3 Å². The molecule has 0 radical (unpaired) electrons. The fraction of sp³-hybridized carbons (Fsp3) is 0.440. The second-order valence-electron chi connectivity index (χ2n) is 8.62. The molecule has 7 heteroatoms. The van der Waals surface area contributed by atoms with Crippen LogP contribution in [-0.2, 0) is 4.79 Å². The smallest absolute Gasteiger partial charge is 0.254 e. The summed E-state index contributed by atoms with van der Waals surface area (Å²) in [4.78, 5) is 31.2. The number of carbonyl (C=O) groups excluding carboxylic acids is 2. The van der Waals surface area contributed by atoms with Crippen LogP contribution in [0.15, 0.2) is 48.5 Å². The first-order chi connectivity index (χ1) is 15.5. The molecule has 0 aromatic heterocycles. The van der Waals surface area contributed by atoms with Gasteiger partial charge in [0.2, 0.25) is 5.91 Å². The zero-order valence-corrected chi connectivity index (χ0v) is 18.7. The van der Waals surface area contributed by atoms with E-state index >= 15 is 0 Å². The Kier molecular flexibility index (Phi) is 6.95. The topological polar surface area (TPSA) is 79.1 Å². The summed E-state index contributed by atoms with van der Waals surface area (Å²) >= 11 is 0. The van der Waals surface area contributed by atoms with Crippen molar-refractivity contribution in [3.05, 3.63) is 54.1 Å². The van der Waals surface area contributed by atoms with Gasteiger partial charge in [0.25, 0.3) is 5.91 Å². The van der Waals surface area contributed by atoms with Crippen LogP contribution in [0.5, 0.6) is 5.75 Å². The third kappa shape index (κ3) is 5.22. The van der Waals surface area contributed by atoms with Gasteiger partial charge in [-0.1, -0.05) is 0 Å². The predicted molar refractivity (Wildman–Crippen MR) is 126 cm³/mol. The number of anilines is 2. The largest absolute Gasteiger partial charge is 0.494 e. The van der Waals surface area contributed by atoms with Crippen LogP contribution in [0, 0.1) is 0 Å². The Morgan fingerprint density at radius 1 is 1.06 bits per heavy atom. The molecule has 7 nitrogen and oxygen atoms in total. The number of nitrogens with two attached hydrogens (primary N) is 1.